The van der Waals surface area contributed by atoms with Crippen LogP contribution in [0.4, 0.5) is 13.2 Å². The van der Waals surface area contributed by atoms with E-state index >= 15 is 0 Å². The highest BCUT2D eigenvalue weighted by atomic mass is 19.4. The van der Waals surface area contributed by atoms with Crippen molar-refractivity contribution in [1.82, 2.24) is 4.90 Å². The van der Waals surface area contributed by atoms with Gasteiger partial charge in [-0.15, -0.1) is 6.58 Å². The van der Waals surface area contributed by atoms with Gasteiger partial charge in [0.2, 0.25) is 5.91 Å². The molecule has 1 aliphatic heterocycles. The average Bonchev–Trinajstić information content (AvgIpc) is 2.57. The molecule has 0 unspecified atom stereocenters. The maximum absolute atomic E-state index is 13.0. The number of methoxy groups -OCH3 is 1. The zero-order valence-electron chi connectivity index (χ0n) is 13.9. The largest absolute Gasteiger partial charge is 0.466 e. The maximum Gasteiger partial charge on any atom is 0.416 e. The number of carbonyl (C=O) groups excluding carboxylic acids is 2. The highest BCUT2D eigenvalue weighted by Gasteiger charge is 2.37. The zero-order chi connectivity index (χ0) is 18.8. The lowest BCUT2D eigenvalue weighted by atomic mass is 9.83. The van der Waals surface area contributed by atoms with Crippen molar-refractivity contribution in [2.45, 2.75) is 25.4 Å². The molecule has 7 heteroatoms. The first-order valence-electron chi connectivity index (χ1n) is 7.58. The lowest BCUT2D eigenvalue weighted by Gasteiger charge is -2.33. The van der Waals surface area contributed by atoms with E-state index < -0.39 is 23.6 Å². The van der Waals surface area contributed by atoms with E-state index in [1.807, 2.05) is 0 Å². The number of hydrogen-bond donors (Lipinski definition) is 0. The molecule has 1 amide bonds. The summed E-state index contributed by atoms with van der Waals surface area (Å²) in [6.07, 6.45) is -3.11. The van der Waals surface area contributed by atoms with Crippen molar-refractivity contribution in [2.24, 2.45) is 0 Å². The summed E-state index contributed by atoms with van der Waals surface area (Å²) in [5.74, 6) is -1.74. The van der Waals surface area contributed by atoms with E-state index in [0.29, 0.717) is 5.70 Å². The summed E-state index contributed by atoms with van der Waals surface area (Å²) >= 11 is 0. The van der Waals surface area contributed by atoms with Crippen molar-refractivity contribution in [3.63, 3.8) is 0 Å². The Bertz CT molecular complexity index is 737. The van der Waals surface area contributed by atoms with Crippen molar-refractivity contribution in [1.29, 1.82) is 0 Å². The molecule has 1 aromatic carbocycles. The summed E-state index contributed by atoms with van der Waals surface area (Å²) in [5.41, 5.74) is -0.0253. The van der Waals surface area contributed by atoms with Gasteiger partial charge in [-0.25, -0.2) is 4.79 Å². The highest BCUT2D eigenvalue weighted by Crippen LogP contribution is 2.39. The fraction of sp³-hybridized carbons (Fsp3) is 0.333. The van der Waals surface area contributed by atoms with Crippen molar-refractivity contribution in [2.75, 3.05) is 13.7 Å². The number of ether oxygens (including phenoxy) is 1. The van der Waals surface area contributed by atoms with Crippen LogP contribution in [0.1, 0.15) is 30.4 Å². The molecule has 0 saturated carbocycles. The van der Waals surface area contributed by atoms with Crippen molar-refractivity contribution < 1.29 is 27.5 Å². The third kappa shape index (κ3) is 3.75. The summed E-state index contributed by atoms with van der Waals surface area (Å²) in [7, 11) is 1.19. The number of rotatable bonds is 4. The maximum atomic E-state index is 13.0. The number of nitrogens with zero attached hydrogens (tertiary/aromatic N) is 1. The lowest BCUT2D eigenvalue weighted by Crippen LogP contribution is -2.38. The van der Waals surface area contributed by atoms with Gasteiger partial charge in [-0.1, -0.05) is 24.3 Å². The van der Waals surface area contributed by atoms with Crippen LogP contribution in [0.2, 0.25) is 0 Å². The molecular weight excluding hydrogens is 335 g/mol. The number of alkyl halides is 3. The van der Waals surface area contributed by atoms with Crippen LogP contribution in [0.3, 0.4) is 0 Å². The minimum Gasteiger partial charge on any atom is -0.466 e. The van der Waals surface area contributed by atoms with Crippen LogP contribution in [0, 0.1) is 0 Å². The van der Waals surface area contributed by atoms with Crippen LogP contribution in [-0.2, 0) is 20.5 Å². The average molecular weight is 353 g/mol. The summed E-state index contributed by atoms with van der Waals surface area (Å²) in [4.78, 5) is 26.0. The fourth-order valence-electron chi connectivity index (χ4n) is 2.96. The molecule has 0 aliphatic carbocycles. The van der Waals surface area contributed by atoms with Crippen molar-refractivity contribution in [3.05, 3.63) is 59.3 Å². The second-order valence-electron chi connectivity index (χ2n) is 5.66. The Balaban J connectivity index is 2.57. The molecule has 1 atom stereocenters. The molecular formula is C18H18F3NO3. The van der Waals surface area contributed by atoms with Gasteiger partial charge in [0.05, 0.1) is 18.2 Å². The molecule has 1 aliphatic rings. The van der Waals surface area contributed by atoms with Crippen molar-refractivity contribution >= 4 is 11.9 Å². The standard InChI is InChI=1S/C18H18F3NO3/c1-4-8-22-11(2)16(17(24)25-3)14(10-15(22)23)12-6-5-7-13(9-12)18(19,20)21/h4-7,9,14H,1,8,10H2,2-3H3/t14-/m0/s1. The molecule has 0 bridgehead atoms. The molecule has 0 spiro atoms. The van der Waals surface area contributed by atoms with Gasteiger partial charge in [-0.3, -0.25) is 4.79 Å². The summed E-state index contributed by atoms with van der Waals surface area (Å²) < 4.78 is 43.7. The number of esters is 1. The number of halogens is 3. The molecule has 25 heavy (non-hydrogen) atoms. The van der Waals surface area contributed by atoms with E-state index in [1.165, 1.54) is 30.2 Å². The van der Waals surface area contributed by atoms with Gasteiger partial charge in [0.1, 0.15) is 0 Å². The Labute approximate surface area is 143 Å². The molecule has 4 nitrogen and oxygen atoms in total. The van der Waals surface area contributed by atoms with Gasteiger partial charge in [0, 0.05) is 24.6 Å². The van der Waals surface area contributed by atoms with Crippen LogP contribution in [0.15, 0.2) is 48.2 Å². The number of amides is 1. The summed E-state index contributed by atoms with van der Waals surface area (Å²) in [6.45, 7) is 5.36. The normalized spacial score (nSPS) is 18.4. The SMILES string of the molecule is C=CCN1C(=O)C[C@@H](c2cccc(C(F)(F)F)c2)C(C(=O)OC)=C1C. The minimum atomic E-state index is -4.51. The predicted octanol–water partition coefficient (Wildman–Crippen LogP) is 3.65. The van der Waals surface area contributed by atoms with E-state index in [4.69, 9.17) is 4.74 Å². The molecule has 0 radical (unpaired) electrons. The molecule has 0 fully saturated rings. The summed E-state index contributed by atoms with van der Waals surface area (Å²) in [5, 5.41) is 0. The number of allylic oxidation sites excluding steroid dienone is 1. The minimum absolute atomic E-state index is 0.114. The number of benzene rings is 1. The number of carbonyl (C=O) groups is 2. The second kappa shape index (κ2) is 7.13. The smallest absolute Gasteiger partial charge is 0.416 e. The third-order valence-corrected chi connectivity index (χ3v) is 4.16. The van der Waals surface area contributed by atoms with Gasteiger partial charge >= 0.3 is 12.1 Å². The van der Waals surface area contributed by atoms with Gasteiger partial charge < -0.3 is 9.64 Å². The Kier molecular flexibility index (Phi) is 5.35. The molecule has 1 heterocycles. The van der Waals surface area contributed by atoms with Crippen molar-refractivity contribution in [3.8, 4) is 0 Å². The molecule has 0 aromatic heterocycles. The monoisotopic (exact) mass is 353 g/mol. The molecule has 0 saturated heterocycles. The Morgan fingerprint density at radius 2 is 2.12 bits per heavy atom. The van der Waals surface area contributed by atoms with Gasteiger partial charge in [-0.05, 0) is 18.6 Å². The second-order valence-corrected chi connectivity index (χ2v) is 5.66. The highest BCUT2D eigenvalue weighted by molar-refractivity contribution is 5.95. The van der Waals surface area contributed by atoms with Crippen LogP contribution >= 0.6 is 0 Å². The Morgan fingerprint density at radius 1 is 1.44 bits per heavy atom. The van der Waals surface area contributed by atoms with Crippen LogP contribution in [0.25, 0.3) is 0 Å². The molecule has 134 valence electrons. The fourth-order valence-corrected chi connectivity index (χ4v) is 2.96. The topological polar surface area (TPSA) is 46.6 Å². The van der Waals surface area contributed by atoms with Gasteiger partial charge in [-0.2, -0.15) is 13.2 Å². The molecule has 2 rings (SSSR count). The van der Waals surface area contributed by atoms with E-state index in [-0.39, 0.29) is 30.0 Å². The van der Waals surface area contributed by atoms with E-state index in [2.05, 4.69) is 6.58 Å². The van der Waals surface area contributed by atoms with Crippen LogP contribution < -0.4 is 0 Å². The first-order chi connectivity index (χ1) is 11.7. The van der Waals surface area contributed by atoms with E-state index in [0.717, 1.165) is 12.1 Å². The Hall–Kier alpha value is -2.57. The molecule has 1 aromatic rings. The summed E-state index contributed by atoms with van der Waals surface area (Å²) in [6, 6.07) is 4.67. The first kappa shape index (κ1) is 18.8. The van der Waals surface area contributed by atoms with Crippen LogP contribution in [0.5, 0.6) is 0 Å². The lowest BCUT2D eigenvalue weighted by molar-refractivity contribution is -0.138. The van der Waals surface area contributed by atoms with E-state index in [1.54, 1.807) is 6.92 Å². The van der Waals surface area contributed by atoms with Gasteiger partial charge in [0.25, 0.3) is 0 Å². The Morgan fingerprint density at radius 3 is 2.68 bits per heavy atom. The predicted molar refractivity (Wildman–Crippen MR) is 85.4 cm³/mol. The van der Waals surface area contributed by atoms with Gasteiger partial charge in [0.15, 0.2) is 0 Å². The third-order valence-electron chi connectivity index (χ3n) is 4.16. The van der Waals surface area contributed by atoms with E-state index in [9.17, 15) is 22.8 Å². The van der Waals surface area contributed by atoms with Crippen LogP contribution in [-0.4, -0.2) is 30.4 Å². The zero-order valence-corrected chi connectivity index (χ0v) is 13.9. The number of hydrogen-bond acceptors (Lipinski definition) is 3. The first-order valence-corrected chi connectivity index (χ1v) is 7.58. The molecule has 0 N–H and O–H groups in total. The quantitative estimate of drug-likeness (QED) is 0.613.